The van der Waals surface area contributed by atoms with Gasteiger partial charge in [-0.2, -0.15) is 0 Å². The molecule has 0 aromatic heterocycles. The van der Waals surface area contributed by atoms with Crippen LogP contribution in [0.5, 0.6) is 0 Å². The summed E-state index contributed by atoms with van der Waals surface area (Å²) in [6.45, 7) is 2.92. The standard InChI is InChI=1S/C16H17NO2/c1-2-19-16(18)12-15-10-6-7-11-17(15)13-14-8-4-3-5-9-14/h3-12H,2,13H2,1H3/b15-12+. The molecule has 0 spiro atoms. The number of allylic oxidation sites excluding steroid dienone is 3. The lowest BCUT2D eigenvalue weighted by atomic mass is 10.2. The Morgan fingerprint density at radius 1 is 1.26 bits per heavy atom. The molecule has 19 heavy (non-hydrogen) atoms. The number of esters is 1. The Morgan fingerprint density at radius 2 is 2.05 bits per heavy atom. The van der Waals surface area contributed by atoms with Crippen LogP contribution < -0.4 is 0 Å². The molecule has 1 aliphatic heterocycles. The monoisotopic (exact) mass is 255 g/mol. The van der Waals surface area contributed by atoms with Gasteiger partial charge in [-0.3, -0.25) is 0 Å². The molecule has 1 aromatic rings. The maximum atomic E-state index is 11.5. The molecule has 0 N–H and O–H groups in total. The Kier molecular flexibility index (Phi) is 4.56. The van der Waals surface area contributed by atoms with Crippen LogP contribution in [0.4, 0.5) is 0 Å². The minimum atomic E-state index is -0.310. The predicted molar refractivity (Wildman–Crippen MR) is 75.0 cm³/mol. The fourth-order valence-corrected chi connectivity index (χ4v) is 1.85. The van der Waals surface area contributed by atoms with Crippen molar-refractivity contribution in [2.24, 2.45) is 0 Å². The molecule has 0 amide bonds. The summed E-state index contributed by atoms with van der Waals surface area (Å²) in [7, 11) is 0. The average molecular weight is 255 g/mol. The van der Waals surface area contributed by atoms with E-state index in [9.17, 15) is 4.79 Å². The molecule has 0 unspecified atom stereocenters. The third-order valence-corrected chi connectivity index (χ3v) is 2.72. The minimum absolute atomic E-state index is 0.310. The zero-order valence-electron chi connectivity index (χ0n) is 11.0. The Morgan fingerprint density at radius 3 is 2.79 bits per heavy atom. The molecule has 1 aromatic carbocycles. The number of nitrogens with zero attached hydrogens (tertiary/aromatic N) is 1. The van der Waals surface area contributed by atoms with Crippen LogP contribution in [0.1, 0.15) is 12.5 Å². The number of hydrogen-bond acceptors (Lipinski definition) is 3. The van der Waals surface area contributed by atoms with E-state index in [1.54, 1.807) is 6.92 Å². The molecule has 0 saturated carbocycles. The van der Waals surface area contributed by atoms with Crippen molar-refractivity contribution in [1.82, 2.24) is 4.90 Å². The summed E-state index contributed by atoms with van der Waals surface area (Å²) in [5, 5.41) is 0. The maximum absolute atomic E-state index is 11.5. The Labute approximate surface area is 113 Å². The van der Waals surface area contributed by atoms with E-state index in [1.165, 1.54) is 11.6 Å². The third-order valence-electron chi connectivity index (χ3n) is 2.72. The lowest BCUT2D eigenvalue weighted by Gasteiger charge is -2.23. The zero-order valence-corrected chi connectivity index (χ0v) is 11.0. The summed E-state index contributed by atoms with van der Waals surface area (Å²) < 4.78 is 4.94. The topological polar surface area (TPSA) is 29.5 Å². The molecule has 3 nitrogen and oxygen atoms in total. The number of ether oxygens (including phenoxy) is 1. The molecule has 1 heterocycles. The molecular formula is C16H17NO2. The summed E-state index contributed by atoms with van der Waals surface area (Å²) in [4.78, 5) is 13.5. The first kappa shape index (κ1) is 13.1. The van der Waals surface area contributed by atoms with Crippen molar-refractivity contribution in [2.45, 2.75) is 13.5 Å². The van der Waals surface area contributed by atoms with E-state index in [2.05, 4.69) is 12.1 Å². The lowest BCUT2D eigenvalue weighted by Crippen LogP contribution is -2.18. The van der Waals surface area contributed by atoms with Gasteiger partial charge < -0.3 is 9.64 Å². The molecule has 0 bridgehead atoms. The Bertz CT molecular complexity index is 515. The molecule has 1 aliphatic rings. The largest absolute Gasteiger partial charge is 0.463 e. The van der Waals surface area contributed by atoms with Crippen LogP contribution in [0.2, 0.25) is 0 Å². The van der Waals surface area contributed by atoms with Gasteiger partial charge in [-0.05, 0) is 24.6 Å². The molecule has 0 saturated heterocycles. The first-order valence-corrected chi connectivity index (χ1v) is 6.33. The first-order chi connectivity index (χ1) is 9.29. The second kappa shape index (κ2) is 6.59. The van der Waals surface area contributed by atoms with E-state index in [1.807, 2.05) is 47.5 Å². The fraction of sp³-hybridized carbons (Fsp3) is 0.188. The van der Waals surface area contributed by atoms with Gasteiger partial charge in [0, 0.05) is 24.5 Å². The Hall–Kier alpha value is -2.29. The van der Waals surface area contributed by atoms with Crippen LogP contribution in [0.3, 0.4) is 0 Å². The summed E-state index contributed by atoms with van der Waals surface area (Å²) in [6, 6.07) is 10.1. The average Bonchev–Trinajstić information content (AvgIpc) is 2.42. The van der Waals surface area contributed by atoms with E-state index in [0.717, 1.165) is 12.2 Å². The highest BCUT2D eigenvalue weighted by Gasteiger charge is 2.09. The second-order valence-corrected chi connectivity index (χ2v) is 4.14. The van der Waals surface area contributed by atoms with Crippen LogP contribution >= 0.6 is 0 Å². The van der Waals surface area contributed by atoms with Crippen LogP contribution in [0.25, 0.3) is 0 Å². The molecule has 0 fully saturated rings. The van der Waals surface area contributed by atoms with E-state index < -0.39 is 0 Å². The quantitative estimate of drug-likeness (QED) is 0.612. The second-order valence-electron chi connectivity index (χ2n) is 4.14. The number of carbonyl (C=O) groups is 1. The summed E-state index contributed by atoms with van der Waals surface area (Å²) in [6.07, 6.45) is 9.24. The van der Waals surface area contributed by atoms with E-state index in [-0.39, 0.29) is 5.97 Å². The number of carbonyl (C=O) groups excluding carboxylic acids is 1. The highest BCUT2D eigenvalue weighted by atomic mass is 16.5. The van der Waals surface area contributed by atoms with Crippen LogP contribution in [0.15, 0.2) is 66.5 Å². The number of benzene rings is 1. The molecule has 0 radical (unpaired) electrons. The third kappa shape index (κ3) is 3.85. The lowest BCUT2D eigenvalue weighted by molar-refractivity contribution is -0.137. The van der Waals surface area contributed by atoms with Gasteiger partial charge in [0.25, 0.3) is 0 Å². The molecule has 0 atom stereocenters. The van der Waals surface area contributed by atoms with Gasteiger partial charge in [-0.15, -0.1) is 0 Å². The molecule has 3 heteroatoms. The zero-order chi connectivity index (χ0) is 13.5. The molecule has 0 aliphatic carbocycles. The highest BCUT2D eigenvalue weighted by molar-refractivity contribution is 5.83. The van der Waals surface area contributed by atoms with Crippen molar-refractivity contribution in [3.05, 3.63) is 72.1 Å². The molecule has 98 valence electrons. The fourth-order valence-electron chi connectivity index (χ4n) is 1.85. The molecular weight excluding hydrogens is 238 g/mol. The maximum Gasteiger partial charge on any atom is 0.332 e. The summed E-state index contributed by atoms with van der Waals surface area (Å²) in [5.41, 5.74) is 2.03. The van der Waals surface area contributed by atoms with Crippen molar-refractivity contribution in [3.63, 3.8) is 0 Å². The van der Waals surface area contributed by atoms with Gasteiger partial charge in [-0.1, -0.05) is 36.4 Å². The van der Waals surface area contributed by atoms with Gasteiger partial charge in [0.1, 0.15) is 0 Å². The minimum Gasteiger partial charge on any atom is -0.463 e. The van der Waals surface area contributed by atoms with E-state index >= 15 is 0 Å². The van der Waals surface area contributed by atoms with Gasteiger partial charge in [0.15, 0.2) is 0 Å². The van der Waals surface area contributed by atoms with Crippen LogP contribution in [0, 0.1) is 0 Å². The van der Waals surface area contributed by atoms with Crippen molar-refractivity contribution in [1.29, 1.82) is 0 Å². The summed E-state index contributed by atoms with van der Waals surface area (Å²) >= 11 is 0. The Balaban J connectivity index is 2.11. The highest BCUT2D eigenvalue weighted by Crippen LogP contribution is 2.16. The molecule has 2 rings (SSSR count). The number of hydrogen-bond donors (Lipinski definition) is 0. The SMILES string of the molecule is CCOC(=O)/C=C1\C=CC=CN1Cc1ccccc1. The summed E-state index contributed by atoms with van der Waals surface area (Å²) in [5.74, 6) is -0.310. The van der Waals surface area contributed by atoms with E-state index in [4.69, 9.17) is 4.74 Å². The van der Waals surface area contributed by atoms with Gasteiger partial charge in [0.05, 0.1) is 6.61 Å². The van der Waals surface area contributed by atoms with Crippen LogP contribution in [-0.2, 0) is 16.1 Å². The first-order valence-electron chi connectivity index (χ1n) is 6.33. The van der Waals surface area contributed by atoms with Gasteiger partial charge in [-0.25, -0.2) is 4.79 Å². The van der Waals surface area contributed by atoms with Crippen molar-refractivity contribution in [2.75, 3.05) is 6.61 Å². The van der Waals surface area contributed by atoms with Crippen LogP contribution in [-0.4, -0.2) is 17.5 Å². The number of rotatable bonds is 4. The van der Waals surface area contributed by atoms with Crippen molar-refractivity contribution < 1.29 is 9.53 Å². The van der Waals surface area contributed by atoms with Gasteiger partial charge in [0.2, 0.25) is 0 Å². The van der Waals surface area contributed by atoms with Crippen molar-refractivity contribution in [3.8, 4) is 0 Å². The van der Waals surface area contributed by atoms with E-state index in [0.29, 0.717) is 6.61 Å². The van der Waals surface area contributed by atoms with Crippen molar-refractivity contribution >= 4 is 5.97 Å². The predicted octanol–water partition coefficient (Wildman–Crippen LogP) is 3.02. The smallest absolute Gasteiger partial charge is 0.332 e. The van der Waals surface area contributed by atoms with Gasteiger partial charge >= 0.3 is 5.97 Å². The normalized spacial score (nSPS) is 15.8.